The molecule has 1 aliphatic carbocycles. The first-order chi connectivity index (χ1) is 34.3. The number of hydrogen-bond donors (Lipinski definition) is 1. The van der Waals surface area contributed by atoms with Gasteiger partial charge in [0.15, 0.2) is 5.84 Å². The topological polar surface area (TPSA) is 49.9 Å². The third kappa shape index (κ3) is 6.19. The third-order valence-electron chi connectivity index (χ3n) is 14.3. The van der Waals surface area contributed by atoms with Crippen LogP contribution in [0.2, 0.25) is 0 Å². The summed E-state index contributed by atoms with van der Waals surface area (Å²) in [6.07, 6.45) is 7.19. The van der Waals surface area contributed by atoms with E-state index in [9.17, 15) is 0 Å². The number of rotatable bonds is 7. The molecule has 4 heterocycles. The number of para-hydroxylation sites is 4. The lowest BCUT2D eigenvalue weighted by Crippen LogP contribution is -2.52. The summed E-state index contributed by atoms with van der Waals surface area (Å²) in [7, 11) is 0. The van der Waals surface area contributed by atoms with Gasteiger partial charge in [0, 0.05) is 49.6 Å². The van der Waals surface area contributed by atoms with Crippen LogP contribution in [0.5, 0.6) is 0 Å². The number of nitrogens with zero attached hydrogens (tertiary/aromatic N) is 5. The zero-order valence-corrected chi connectivity index (χ0v) is 37.6. The molecule has 2 unspecified atom stereocenters. The maximum atomic E-state index is 5.67. The number of aliphatic imine (C=N–C) groups is 2. The van der Waals surface area contributed by atoms with Crippen molar-refractivity contribution >= 4 is 66.5 Å². The van der Waals surface area contributed by atoms with Gasteiger partial charge in [-0.05, 0) is 88.8 Å². The molecule has 0 amide bonds. The predicted molar refractivity (Wildman–Crippen MR) is 287 cm³/mol. The van der Waals surface area contributed by atoms with Gasteiger partial charge in [-0.15, -0.1) is 0 Å². The van der Waals surface area contributed by atoms with E-state index in [2.05, 4.69) is 256 Å². The number of allylic oxidation sites excluding steroid dienone is 2. The van der Waals surface area contributed by atoms with Crippen LogP contribution in [0.4, 0.5) is 5.69 Å². The van der Waals surface area contributed by atoms with Crippen LogP contribution in [0.25, 0.3) is 82.8 Å². The van der Waals surface area contributed by atoms with Crippen molar-refractivity contribution in [3.63, 3.8) is 0 Å². The Labute approximate surface area is 399 Å². The van der Waals surface area contributed by atoms with E-state index in [4.69, 9.17) is 9.98 Å². The Morgan fingerprint density at radius 2 is 1.03 bits per heavy atom. The fraction of sp³-hybridized carbons (Fsp3) is 0.0476. The molecule has 0 radical (unpaired) electrons. The second-order valence-corrected chi connectivity index (χ2v) is 18.1. The van der Waals surface area contributed by atoms with Gasteiger partial charge in [0.2, 0.25) is 6.29 Å². The fourth-order valence-electron chi connectivity index (χ4n) is 11.3. The van der Waals surface area contributed by atoms with E-state index in [0.717, 1.165) is 56.9 Å². The van der Waals surface area contributed by atoms with Gasteiger partial charge in [0.05, 0.1) is 33.8 Å². The van der Waals surface area contributed by atoms with E-state index in [1.807, 2.05) is 0 Å². The molecule has 11 aromatic rings. The zero-order valence-electron chi connectivity index (χ0n) is 37.6. The minimum Gasteiger partial charge on any atom is -0.331 e. The van der Waals surface area contributed by atoms with Gasteiger partial charge in [0.1, 0.15) is 5.84 Å². The minimum absolute atomic E-state index is 0.131. The monoisotopic (exact) mass is 884 g/mol. The molecule has 0 fully saturated rings. The maximum absolute atomic E-state index is 5.67. The zero-order chi connectivity index (χ0) is 45.4. The Morgan fingerprint density at radius 3 is 1.75 bits per heavy atom. The highest BCUT2D eigenvalue weighted by atomic mass is 15.4. The van der Waals surface area contributed by atoms with Crippen LogP contribution >= 0.6 is 0 Å². The Balaban J connectivity index is 1.03. The van der Waals surface area contributed by atoms with Gasteiger partial charge in [-0.25, -0.2) is 9.98 Å². The molecular formula is C63H44N6. The van der Waals surface area contributed by atoms with E-state index < -0.39 is 6.29 Å². The van der Waals surface area contributed by atoms with E-state index in [-0.39, 0.29) is 6.04 Å². The highest BCUT2D eigenvalue weighted by Gasteiger charge is 2.40. The molecule has 0 saturated heterocycles. The summed E-state index contributed by atoms with van der Waals surface area (Å²) >= 11 is 0. The van der Waals surface area contributed by atoms with Gasteiger partial charge >= 0.3 is 0 Å². The van der Waals surface area contributed by atoms with Crippen LogP contribution in [-0.4, -0.2) is 33.1 Å². The number of nitrogens with one attached hydrogen (secondary N) is 1. The first-order valence-corrected chi connectivity index (χ1v) is 23.8. The van der Waals surface area contributed by atoms with Crippen molar-refractivity contribution in [2.45, 2.75) is 18.8 Å². The van der Waals surface area contributed by atoms with Crippen LogP contribution in [0.3, 0.4) is 0 Å². The average Bonchev–Trinajstić information content (AvgIpc) is 4.07. The van der Waals surface area contributed by atoms with E-state index >= 15 is 0 Å². The number of hydrogen-bond acceptors (Lipinski definition) is 4. The van der Waals surface area contributed by atoms with Crippen LogP contribution in [0, 0.1) is 0 Å². The molecule has 9 aromatic carbocycles. The quantitative estimate of drug-likeness (QED) is 0.173. The SMILES string of the molecule is C1=CCC2C(=C1)c1ccccc1N2C1N=C(c2ccc(-c3ccccc3)cc2-n2c3ccccc3c3c(-c4cccc5c4c4ccccc4n5-c4ccccc4)cccc32)N=C(c2ccccc2)N1. The molecule has 326 valence electrons. The summed E-state index contributed by atoms with van der Waals surface area (Å²) in [6, 6.07) is 78.8. The first kappa shape index (κ1) is 39.2. The minimum atomic E-state index is -0.429. The summed E-state index contributed by atoms with van der Waals surface area (Å²) in [4.78, 5) is 13.6. The average molecular weight is 885 g/mol. The molecule has 1 N–H and O–H groups in total. The number of anilines is 1. The standard InChI is InChI=1S/C63H44N6/c1-4-20-41(21-5-1)43-38-39-51(62-64-61(42-22-6-2-7-23-42)65-63(66-62)69-52-32-14-10-26-45(52)46-27-11-15-33-53(46)69)58(40-43)68-55-35-17-13-29-50(55)60-48(31-19-37-57(60)68)47-30-18-36-56-59(47)49-28-12-16-34-54(49)67(56)44-24-8-3-9-25-44/h1-32,34-40,53,63H,33H2,(H,64,65,66). The molecule has 0 spiro atoms. The Hall–Kier alpha value is -9.00. The molecule has 2 aromatic heterocycles. The molecule has 6 heteroatoms. The van der Waals surface area contributed by atoms with E-state index in [0.29, 0.717) is 5.84 Å². The summed E-state index contributed by atoms with van der Waals surface area (Å²) in [5.41, 5.74) is 17.1. The molecule has 2 aliphatic heterocycles. The van der Waals surface area contributed by atoms with Crippen LogP contribution in [0.15, 0.2) is 247 Å². The van der Waals surface area contributed by atoms with Gasteiger partial charge < -0.3 is 19.4 Å². The summed E-state index contributed by atoms with van der Waals surface area (Å²) < 4.78 is 4.86. The highest BCUT2D eigenvalue weighted by molar-refractivity contribution is 6.23. The van der Waals surface area contributed by atoms with Crippen molar-refractivity contribution in [2.75, 3.05) is 4.90 Å². The van der Waals surface area contributed by atoms with Crippen LogP contribution in [-0.2, 0) is 0 Å². The molecule has 6 nitrogen and oxygen atoms in total. The van der Waals surface area contributed by atoms with Gasteiger partial charge in [-0.2, -0.15) is 0 Å². The smallest absolute Gasteiger partial charge is 0.200 e. The summed E-state index contributed by atoms with van der Waals surface area (Å²) in [5.74, 6) is 1.46. The molecule has 3 aliphatic rings. The van der Waals surface area contributed by atoms with Crippen molar-refractivity contribution in [1.82, 2.24) is 14.5 Å². The Morgan fingerprint density at radius 1 is 0.449 bits per heavy atom. The van der Waals surface area contributed by atoms with E-state index in [1.165, 1.54) is 60.5 Å². The number of benzene rings is 9. The fourth-order valence-corrected chi connectivity index (χ4v) is 11.3. The molecule has 14 rings (SSSR count). The van der Waals surface area contributed by atoms with E-state index in [1.54, 1.807) is 0 Å². The van der Waals surface area contributed by atoms with Crippen molar-refractivity contribution in [2.24, 2.45) is 9.98 Å². The second kappa shape index (κ2) is 15.8. The van der Waals surface area contributed by atoms with Crippen molar-refractivity contribution < 1.29 is 0 Å². The maximum Gasteiger partial charge on any atom is 0.200 e. The summed E-state index contributed by atoms with van der Waals surface area (Å²) in [6.45, 7) is 0. The van der Waals surface area contributed by atoms with Gasteiger partial charge in [0.25, 0.3) is 0 Å². The van der Waals surface area contributed by atoms with Gasteiger partial charge in [-0.1, -0.05) is 182 Å². The highest BCUT2D eigenvalue weighted by Crippen LogP contribution is 2.47. The Bertz CT molecular complexity index is 3970. The van der Waals surface area contributed by atoms with Crippen LogP contribution in [0.1, 0.15) is 23.1 Å². The number of aromatic nitrogens is 2. The van der Waals surface area contributed by atoms with Crippen LogP contribution < -0.4 is 10.2 Å². The lowest BCUT2D eigenvalue weighted by molar-refractivity contribution is 0.550. The molecule has 69 heavy (non-hydrogen) atoms. The second-order valence-electron chi connectivity index (χ2n) is 18.1. The first-order valence-electron chi connectivity index (χ1n) is 23.8. The Kier molecular flexibility index (Phi) is 8.99. The summed E-state index contributed by atoms with van der Waals surface area (Å²) in [5, 5.41) is 8.67. The third-order valence-corrected chi connectivity index (χ3v) is 14.3. The molecule has 0 bridgehead atoms. The van der Waals surface area contributed by atoms with Gasteiger partial charge in [-0.3, -0.25) is 0 Å². The number of fused-ring (bicyclic) bond motifs is 9. The molecular weight excluding hydrogens is 841 g/mol. The number of amidine groups is 2. The predicted octanol–water partition coefficient (Wildman–Crippen LogP) is 14.5. The molecule has 2 atom stereocenters. The largest absolute Gasteiger partial charge is 0.331 e. The van der Waals surface area contributed by atoms with Crippen molar-refractivity contribution in [1.29, 1.82) is 0 Å². The lowest BCUT2D eigenvalue weighted by Gasteiger charge is -2.36. The normalized spacial score (nSPS) is 16.3. The lowest BCUT2D eigenvalue weighted by atomic mass is 9.95. The molecule has 0 saturated carbocycles. The van der Waals surface area contributed by atoms with Crippen molar-refractivity contribution in [3.8, 4) is 33.6 Å². The van der Waals surface area contributed by atoms with Crippen molar-refractivity contribution in [3.05, 3.63) is 253 Å².